The quantitative estimate of drug-likeness (QED) is 0.878. The van der Waals surface area contributed by atoms with Gasteiger partial charge in [0.15, 0.2) is 0 Å². The standard InChI is InChI=1S/C11H14BrNO/c1-14-7-10-5-3-8-2-4-9(12)6-11(8)13-10/h2,4,6,10,13H,3,5,7H2,1H3. The molecule has 76 valence electrons. The Balaban J connectivity index is 2.16. The van der Waals surface area contributed by atoms with Crippen molar-refractivity contribution in [2.24, 2.45) is 0 Å². The Labute approximate surface area is 92.8 Å². The van der Waals surface area contributed by atoms with Crippen LogP contribution in [0.15, 0.2) is 22.7 Å². The molecule has 0 spiro atoms. The van der Waals surface area contributed by atoms with Crippen LogP contribution in [0.1, 0.15) is 12.0 Å². The molecule has 0 saturated heterocycles. The maximum Gasteiger partial charge on any atom is 0.0664 e. The molecule has 1 N–H and O–H groups in total. The van der Waals surface area contributed by atoms with E-state index in [9.17, 15) is 0 Å². The molecule has 1 aromatic carbocycles. The molecule has 1 atom stereocenters. The third-order valence-corrected chi connectivity index (χ3v) is 3.05. The minimum absolute atomic E-state index is 0.460. The van der Waals surface area contributed by atoms with E-state index in [1.165, 1.54) is 11.3 Å². The number of benzene rings is 1. The monoisotopic (exact) mass is 255 g/mol. The van der Waals surface area contributed by atoms with Gasteiger partial charge in [-0.1, -0.05) is 22.0 Å². The van der Waals surface area contributed by atoms with E-state index in [0.717, 1.165) is 23.9 Å². The highest BCUT2D eigenvalue weighted by molar-refractivity contribution is 9.10. The second-order valence-corrected chi connectivity index (χ2v) is 4.55. The van der Waals surface area contributed by atoms with Crippen molar-refractivity contribution in [1.29, 1.82) is 0 Å². The van der Waals surface area contributed by atoms with E-state index in [0.29, 0.717) is 6.04 Å². The second-order valence-electron chi connectivity index (χ2n) is 3.64. The number of methoxy groups -OCH3 is 1. The smallest absolute Gasteiger partial charge is 0.0664 e. The van der Waals surface area contributed by atoms with Gasteiger partial charge in [-0.3, -0.25) is 0 Å². The number of anilines is 1. The van der Waals surface area contributed by atoms with Crippen molar-refractivity contribution in [3.05, 3.63) is 28.2 Å². The highest BCUT2D eigenvalue weighted by atomic mass is 79.9. The SMILES string of the molecule is COCC1CCc2ccc(Br)cc2N1. The van der Waals surface area contributed by atoms with E-state index in [1.54, 1.807) is 7.11 Å². The Morgan fingerprint density at radius 3 is 3.21 bits per heavy atom. The lowest BCUT2D eigenvalue weighted by molar-refractivity contribution is 0.182. The summed E-state index contributed by atoms with van der Waals surface area (Å²) in [4.78, 5) is 0. The summed E-state index contributed by atoms with van der Waals surface area (Å²) in [5.74, 6) is 0. The summed E-state index contributed by atoms with van der Waals surface area (Å²) in [7, 11) is 1.75. The molecule has 0 bridgehead atoms. The van der Waals surface area contributed by atoms with Crippen molar-refractivity contribution in [2.45, 2.75) is 18.9 Å². The van der Waals surface area contributed by atoms with Gasteiger partial charge in [-0.05, 0) is 30.5 Å². The van der Waals surface area contributed by atoms with Crippen molar-refractivity contribution < 1.29 is 4.74 Å². The maximum absolute atomic E-state index is 5.15. The summed E-state index contributed by atoms with van der Waals surface area (Å²) in [5.41, 5.74) is 2.65. The molecule has 1 aliphatic rings. The van der Waals surface area contributed by atoms with Crippen LogP contribution in [0.5, 0.6) is 0 Å². The van der Waals surface area contributed by atoms with E-state index in [2.05, 4.69) is 39.4 Å². The number of hydrogen-bond donors (Lipinski definition) is 1. The summed E-state index contributed by atoms with van der Waals surface area (Å²) in [6.07, 6.45) is 2.30. The first-order chi connectivity index (χ1) is 6.79. The Kier molecular flexibility index (Phi) is 3.08. The zero-order valence-corrected chi connectivity index (χ0v) is 9.80. The molecule has 1 aromatic rings. The first-order valence-corrected chi connectivity index (χ1v) is 5.63. The number of nitrogens with one attached hydrogen (secondary N) is 1. The van der Waals surface area contributed by atoms with Crippen LogP contribution in [-0.2, 0) is 11.2 Å². The molecule has 14 heavy (non-hydrogen) atoms. The average molecular weight is 256 g/mol. The van der Waals surface area contributed by atoms with Crippen LogP contribution in [0, 0.1) is 0 Å². The summed E-state index contributed by atoms with van der Waals surface area (Å²) in [5, 5.41) is 3.48. The number of ether oxygens (including phenoxy) is 1. The molecular weight excluding hydrogens is 242 g/mol. The van der Waals surface area contributed by atoms with Gasteiger partial charge in [0.05, 0.1) is 6.61 Å². The summed E-state index contributed by atoms with van der Waals surface area (Å²) in [6.45, 7) is 0.784. The first-order valence-electron chi connectivity index (χ1n) is 4.83. The number of hydrogen-bond acceptors (Lipinski definition) is 2. The lowest BCUT2D eigenvalue weighted by atomic mass is 9.99. The van der Waals surface area contributed by atoms with Crippen LogP contribution in [0.4, 0.5) is 5.69 Å². The van der Waals surface area contributed by atoms with Gasteiger partial charge in [0, 0.05) is 23.3 Å². The van der Waals surface area contributed by atoms with Crippen LogP contribution in [0.25, 0.3) is 0 Å². The molecule has 0 saturated carbocycles. The number of fused-ring (bicyclic) bond motifs is 1. The molecule has 0 fully saturated rings. The Hall–Kier alpha value is -0.540. The van der Waals surface area contributed by atoms with Crippen molar-refractivity contribution >= 4 is 21.6 Å². The summed E-state index contributed by atoms with van der Waals surface area (Å²) < 4.78 is 6.28. The molecule has 2 rings (SSSR count). The lowest BCUT2D eigenvalue weighted by Crippen LogP contribution is -2.29. The van der Waals surface area contributed by atoms with Crippen LogP contribution < -0.4 is 5.32 Å². The third kappa shape index (κ3) is 2.10. The largest absolute Gasteiger partial charge is 0.383 e. The predicted molar refractivity (Wildman–Crippen MR) is 61.7 cm³/mol. The number of rotatable bonds is 2. The highest BCUT2D eigenvalue weighted by Crippen LogP contribution is 2.27. The molecule has 3 heteroatoms. The number of aryl methyl sites for hydroxylation is 1. The molecular formula is C11H14BrNO. The Morgan fingerprint density at radius 1 is 1.57 bits per heavy atom. The molecule has 1 unspecified atom stereocenters. The fraction of sp³-hybridized carbons (Fsp3) is 0.455. The zero-order chi connectivity index (χ0) is 9.97. The predicted octanol–water partition coefficient (Wildman–Crippen LogP) is 2.82. The van der Waals surface area contributed by atoms with Gasteiger partial charge in [-0.2, -0.15) is 0 Å². The van der Waals surface area contributed by atoms with Crippen molar-refractivity contribution in [3.63, 3.8) is 0 Å². The lowest BCUT2D eigenvalue weighted by Gasteiger charge is -2.26. The minimum atomic E-state index is 0.460. The molecule has 1 heterocycles. The van der Waals surface area contributed by atoms with E-state index in [-0.39, 0.29) is 0 Å². The molecule has 0 aromatic heterocycles. The van der Waals surface area contributed by atoms with E-state index < -0.39 is 0 Å². The first kappa shape index (κ1) is 9.99. The van der Waals surface area contributed by atoms with Gasteiger partial charge in [0.25, 0.3) is 0 Å². The number of halogens is 1. The third-order valence-electron chi connectivity index (χ3n) is 2.56. The molecule has 2 nitrogen and oxygen atoms in total. The molecule has 0 amide bonds. The molecule has 0 radical (unpaired) electrons. The molecule has 1 aliphatic heterocycles. The molecule has 0 aliphatic carbocycles. The second kappa shape index (κ2) is 4.32. The topological polar surface area (TPSA) is 21.3 Å². The van der Waals surface area contributed by atoms with Crippen LogP contribution >= 0.6 is 15.9 Å². The fourth-order valence-electron chi connectivity index (χ4n) is 1.85. The van der Waals surface area contributed by atoms with E-state index in [4.69, 9.17) is 4.74 Å². The van der Waals surface area contributed by atoms with Gasteiger partial charge in [-0.25, -0.2) is 0 Å². The fourth-order valence-corrected chi connectivity index (χ4v) is 2.21. The van der Waals surface area contributed by atoms with Gasteiger partial charge in [0.2, 0.25) is 0 Å². The highest BCUT2D eigenvalue weighted by Gasteiger charge is 2.16. The van der Waals surface area contributed by atoms with Crippen molar-refractivity contribution in [2.75, 3.05) is 19.0 Å². The minimum Gasteiger partial charge on any atom is -0.383 e. The van der Waals surface area contributed by atoms with Gasteiger partial charge in [0.1, 0.15) is 0 Å². The van der Waals surface area contributed by atoms with Crippen LogP contribution in [0.2, 0.25) is 0 Å². The van der Waals surface area contributed by atoms with Gasteiger partial charge in [-0.15, -0.1) is 0 Å². The van der Waals surface area contributed by atoms with Gasteiger partial charge < -0.3 is 10.1 Å². The van der Waals surface area contributed by atoms with E-state index in [1.807, 2.05) is 0 Å². The van der Waals surface area contributed by atoms with Crippen LogP contribution in [0.3, 0.4) is 0 Å². The summed E-state index contributed by atoms with van der Waals surface area (Å²) >= 11 is 3.48. The zero-order valence-electron chi connectivity index (χ0n) is 8.22. The maximum atomic E-state index is 5.15. The van der Waals surface area contributed by atoms with Crippen molar-refractivity contribution in [3.8, 4) is 0 Å². The normalized spacial score (nSPS) is 20.0. The van der Waals surface area contributed by atoms with Gasteiger partial charge >= 0.3 is 0 Å². The van der Waals surface area contributed by atoms with E-state index >= 15 is 0 Å². The average Bonchev–Trinajstić information content (AvgIpc) is 2.17. The Morgan fingerprint density at radius 2 is 2.43 bits per heavy atom. The van der Waals surface area contributed by atoms with Crippen molar-refractivity contribution in [1.82, 2.24) is 0 Å². The van der Waals surface area contributed by atoms with Crippen LogP contribution in [-0.4, -0.2) is 19.8 Å². The summed E-state index contributed by atoms with van der Waals surface area (Å²) in [6, 6.07) is 6.87. The Bertz CT molecular complexity index is 327.